The van der Waals surface area contributed by atoms with Crippen molar-refractivity contribution in [2.24, 2.45) is 0 Å². The van der Waals surface area contributed by atoms with Gasteiger partial charge in [0.15, 0.2) is 11.5 Å². The Morgan fingerprint density at radius 2 is 1.86 bits per heavy atom. The Morgan fingerprint density at radius 3 is 2.59 bits per heavy atom. The molecule has 4 heteroatoms. The molecule has 1 aromatic heterocycles. The van der Waals surface area contributed by atoms with E-state index in [-0.39, 0.29) is 11.9 Å². The molecule has 0 saturated heterocycles. The van der Waals surface area contributed by atoms with E-state index in [2.05, 4.69) is 22.9 Å². The van der Waals surface area contributed by atoms with Gasteiger partial charge in [-0.3, -0.25) is 9.78 Å². The lowest BCUT2D eigenvalue weighted by Gasteiger charge is -2.33. The van der Waals surface area contributed by atoms with Gasteiger partial charge in [0, 0.05) is 30.8 Å². The molecular formula is C25H27NO3. The van der Waals surface area contributed by atoms with Gasteiger partial charge in [0.05, 0.1) is 18.6 Å². The van der Waals surface area contributed by atoms with Gasteiger partial charge in [0.1, 0.15) is 5.78 Å². The standard InChI is InChI=1S/C25H27NO3/c1-28-23-9-8-20(17-24(23)29-22-6-2-3-7-22)25(13-4-5-21(27)18-25)14-10-19-11-15-26-16-12-19/h8-9,11-12,15-17,22H,2-7,13,18H2,1H3. The smallest absolute Gasteiger partial charge is 0.161 e. The summed E-state index contributed by atoms with van der Waals surface area (Å²) in [5.41, 5.74) is 1.47. The zero-order valence-corrected chi connectivity index (χ0v) is 16.9. The molecule has 2 saturated carbocycles. The molecule has 0 radical (unpaired) electrons. The van der Waals surface area contributed by atoms with Crippen LogP contribution in [-0.4, -0.2) is 24.0 Å². The lowest BCUT2D eigenvalue weighted by atomic mass is 9.69. The quantitative estimate of drug-likeness (QED) is 0.702. The van der Waals surface area contributed by atoms with Gasteiger partial charge in [-0.05, 0) is 68.4 Å². The molecule has 29 heavy (non-hydrogen) atoms. The summed E-state index contributed by atoms with van der Waals surface area (Å²) in [6.07, 6.45) is 11.1. The minimum atomic E-state index is -0.487. The number of carbonyl (C=O) groups excluding carboxylic acids is 1. The SMILES string of the molecule is COc1ccc(C2(C#Cc3ccncc3)CCCC(=O)C2)cc1OC1CCCC1. The Hall–Kier alpha value is -2.80. The number of carbonyl (C=O) groups is 1. The van der Waals surface area contributed by atoms with Crippen LogP contribution in [0.4, 0.5) is 0 Å². The maximum Gasteiger partial charge on any atom is 0.161 e. The molecule has 4 rings (SSSR count). The molecule has 1 unspecified atom stereocenters. The van der Waals surface area contributed by atoms with Crippen LogP contribution in [0.1, 0.15) is 62.5 Å². The molecule has 0 amide bonds. The van der Waals surface area contributed by atoms with Crippen molar-refractivity contribution < 1.29 is 14.3 Å². The van der Waals surface area contributed by atoms with Crippen molar-refractivity contribution >= 4 is 5.78 Å². The van der Waals surface area contributed by atoms with Crippen LogP contribution in [0.25, 0.3) is 0 Å². The third-order valence-electron chi connectivity index (χ3n) is 6.00. The minimum absolute atomic E-state index is 0.242. The predicted octanol–water partition coefficient (Wildman–Crippen LogP) is 4.84. The molecule has 4 nitrogen and oxygen atoms in total. The zero-order chi connectivity index (χ0) is 20.1. The van der Waals surface area contributed by atoms with Gasteiger partial charge >= 0.3 is 0 Å². The summed E-state index contributed by atoms with van der Waals surface area (Å²) in [6.45, 7) is 0. The number of pyridine rings is 1. The van der Waals surface area contributed by atoms with Gasteiger partial charge in [0.25, 0.3) is 0 Å². The monoisotopic (exact) mass is 389 g/mol. The van der Waals surface area contributed by atoms with Crippen LogP contribution in [0.15, 0.2) is 42.7 Å². The molecule has 2 aromatic rings. The van der Waals surface area contributed by atoms with Crippen molar-refractivity contribution in [3.63, 3.8) is 0 Å². The van der Waals surface area contributed by atoms with Gasteiger partial charge in [-0.25, -0.2) is 0 Å². The zero-order valence-electron chi connectivity index (χ0n) is 16.9. The third-order valence-corrected chi connectivity index (χ3v) is 6.00. The summed E-state index contributed by atoms with van der Waals surface area (Å²) in [7, 11) is 1.67. The average Bonchev–Trinajstić information content (AvgIpc) is 3.26. The molecule has 2 aliphatic carbocycles. The van der Waals surface area contributed by atoms with E-state index < -0.39 is 5.41 Å². The molecule has 1 aromatic carbocycles. The topological polar surface area (TPSA) is 48.4 Å². The maximum atomic E-state index is 12.4. The fourth-order valence-corrected chi connectivity index (χ4v) is 4.41. The molecule has 2 aliphatic rings. The number of Topliss-reactive ketones (excluding diaryl/α,β-unsaturated/α-hetero) is 1. The van der Waals surface area contributed by atoms with Crippen LogP contribution in [0.3, 0.4) is 0 Å². The highest BCUT2D eigenvalue weighted by Gasteiger charge is 2.37. The normalized spacial score (nSPS) is 22.0. The molecule has 1 atom stereocenters. The lowest BCUT2D eigenvalue weighted by Crippen LogP contribution is -2.32. The van der Waals surface area contributed by atoms with Crippen molar-refractivity contribution in [3.05, 3.63) is 53.9 Å². The largest absolute Gasteiger partial charge is 0.493 e. The van der Waals surface area contributed by atoms with E-state index in [4.69, 9.17) is 9.47 Å². The molecule has 0 spiro atoms. The predicted molar refractivity (Wildman–Crippen MR) is 112 cm³/mol. The third kappa shape index (κ3) is 4.45. The highest BCUT2D eigenvalue weighted by molar-refractivity contribution is 5.82. The van der Waals surface area contributed by atoms with Crippen LogP contribution in [-0.2, 0) is 10.2 Å². The van der Waals surface area contributed by atoms with E-state index in [1.165, 1.54) is 12.8 Å². The first kappa shape index (κ1) is 19.5. The molecule has 0 aliphatic heterocycles. The van der Waals surface area contributed by atoms with E-state index >= 15 is 0 Å². The number of rotatable bonds is 4. The van der Waals surface area contributed by atoms with E-state index in [1.54, 1.807) is 19.5 Å². The summed E-state index contributed by atoms with van der Waals surface area (Å²) in [6, 6.07) is 9.84. The van der Waals surface area contributed by atoms with Crippen LogP contribution in [0.5, 0.6) is 11.5 Å². The molecule has 2 fully saturated rings. The number of ketones is 1. The summed E-state index contributed by atoms with van der Waals surface area (Å²) in [4.78, 5) is 16.5. The summed E-state index contributed by atoms with van der Waals surface area (Å²) in [5, 5.41) is 0. The fraction of sp³-hybridized carbons (Fsp3) is 0.440. The first-order valence-electron chi connectivity index (χ1n) is 10.5. The van der Waals surface area contributed by atoms with Gasteiger partial charge in [-0.1, -0.05) is 17.9 Å². The Morgan fingerprint density at radius 1 is 1.07 bits per heavy atom. The number of benzene rings is 1. The minimum Gasteiger partial charge on any atom is -0.493 e. The highest BCUT2D eigenvalue weighted by atomic mass is 16.5. The van der Waals surface area contributed by atoms with E-state index in [9.17, 15) is 4.79 Å². The molecule has 0 N–H and O–H groups in total. The molecule has 0 bridgehead atoms. The van der Waals surface area contributed by atoms with E-state index in [0.717, 1.165) is 48.3 Å². The van der Waals surface area contributed by atoms with Crippen molar-refractivity contribution in [1.82, 2.24) is 4.98 Å². The fourth-order valence-electron chi connectivity index (χ4n) is 4.41. The summed E-state index contributed by atoms with van der Waals surface area (Å²) < 4.78 is 11.8. The number of hydrogen-bond acceptors (Lipinski definition) is 4. The second-order valence-electron chi connectivity index (χ2n) is 8.03. The van der Waals surface area contributed by atoms with Crippen molar-refractivity contribution in [1.29, 1.82) is 0 Å². The second-order valence-corrected chi connectivity index (χ2v) is 8.03. The van der Waals surface area contributed by atoms with E-state index in [0.29, 0.717) is 12.8 Å². The number of ether oxygens (including phenoxy) is 2. The van der Waals surface area contributed by atoms with Crippen molar-refractivity contribution in [3.8, 4) is 23.3 Å². The second kappa shape index (κ2) is 8.69. The Labute approximate surface area is 172 Å². The summed E-state index contributed by atoms with van der Waals surface area (Å²) >= 11 is 0. The first-order valence-corrected chi connectivity index (χ1v) is 10.5. The van der Waals surface area contributed by atoms with Crippen LogP contribution < -0.4 is 9.47 Å². The number of methoxy groups -OCH3 is 1. The van der Waals surface area contributed by atoms with Gasteiger partial charge in [0.2, 0.25) is 0 Å². The highest BCUT2D eigenvalue weighted by Crippen LogP contribution is 2.42. The van der Waals surface area contributed by atoms with Gasteiger partial charge in [-0.2, -0.15) is 0 Å². The summed E-state index contributed by atoms with van der Waals surface area (Å²) in [5.74, 6) is 8.52. The number of aromatic nitrogens is 1. The van der Waals surface area contributed by atoms with Gasteiger partial charge < -0.3 is 9.47 Å². The van der Waals surface area contributed by atoms with Crippen LogP contribution in [0.2, 0.25) is 0 Å². The van der Waals surface area contributed by atoms with Crippen LogP contribution >= 0.6 is 0 Å². The van der Waals surface area contributed by atoms with Gasteiger partial charge in [-0.15, -0.1) is 0 Å². The van der Waals surface area contributed by atoms with E-state index in [1.807, 2.05) is 24.3 Å². The van der Waals surface area contributed by atoms with Crippen molar-refractivity contribution in [2.75, 3.05) is 7.11 Å². The Bertz CT molecular complexity index is 922. The molecule has 1 heterocycles. The Kier molecular flexibility index (Phi) is 5.85. The van der Waals surface area contributed by atoms with Crippen molar-refractivity contribution in [2.45, 2.75) is 62.9 Å². The number of nitrogens with zero attached hydrogens (tertiary/aromatic N) is 1. The van der Waals surface area contributed by atoms with Crippen LogP contribution in [0, 0.1) is 11.8 Å². The maximum absolute atomic E-state index is 12.4. The average molecular weight is 389 g/mol. The lowest BCUT2D eigenvalue weighted by molar-refractivity contribution is -0.121. The molecule has 150 valence electrons. The Balaban J connectivity index is 1.72. The molecular weight excluding hydrogens is 362 g/mol. The first-order chi connectivity index (χ1) is 14.2. The number of hydrogen-bond donors (Lipinski definition) is 0.